The van der Waals surface area contributed by atoms with Crippen molar-refractivity contribution in [3.63, 3.8) is 0 Å². The lowest BCUT2D eigenvalue weighted by molar-refractivity contribution is -0.137. The van der Waals surface area contributed by atoms with E-state index >= 15 is 0 Å². The van der Waals surface area contributed by atoms with Crippen molar-refractivity contribution in [3.05, 3.63) is 140 Å². The average molecular weight is 866 g/mol. The fourth-order valence-corrected chi connectivity index (χ4v) is 8.98. The topological polar surface area (TPSA) is 147 Å². The number of aryl methyl sites for hydroxylation is 4. The zero-order valence-electron chi connectivity index (χ0n) is 36.4. The molecule has 3 aliphatic rings. The maximum Gasteiger partial charge on any atom is 0.264 e. The highest BCUT2D eigenvalue weighted by Gasteiger charge is 2.40. The summed E-state index contributed by atoms with van der Waals surface area (Å²) in [4.78, 5) is 72.0. The number of nitrogens with zero attached hydrogens (tertiary/aromatic N) is 5. The van der Waals surface area contributed by atoms with Crippen molar-refractivity contribution >= 4 is 46.4 Å². The smallest absolute Gasteiger partial charge is 0.264 e. The van der Waals surface area contributed by atoms with Crippen LogP contribution in [0.2, 0.25) is 0 Å². The molecule has 6 aromatic rings. The SMILES string of the molecule is Cc1ccc(-c2cc3c(cc2C(F)F)N(c2cc(C(C)C)cc4c2cc(C)c(=O)n4C)CCC3)cn1.O=CNCc1cncc(-c2cccc3c2CN(C2CCC(=O)NC2=O)C3=O)c1. The first-order chi connectivity index (χ1) is 30.7. The fraction of sp³-hybridized carbons (Fsp3) is 0.300. The van der Waals surface area contributed by atoms with Gasteiger partial charge in [0.05, 0.1) is 11.2 Å². The van der Waals surface area contributed by atoms with E-state index in [0.717, 1.165) is 80.7 Å². The number of halogens is 2. The van der Waals surface area contributed by atoms with E-state index in [1.807, 2.05) is 50.2 Å². The number of imide groups is 1. The molecule has 328 valence electrons. The first-order valence-corrected chi connectivity index (χ1v) is 21.4. The summed E-state index contributed by atoms with van der Waals surface area (Å²) in [6.45, 7) is 9.34. The van der Waals surface area contributed by atoms with Crippen LogP contribution in [-0.4, -0.2) is 56.2 Å². The Morgan fingerprint density at radius 2 is 1.69 bits per heavy atom. The molecule has 0 radical (unpaired) electrons. The van der Waals surface area contributed by atoms with Crippen molar-refractivity contribution < 1.29 is 28.0 Å². The third-order valence-electron chi connectivity index (χ3n) is 12.4. The third-order valence-corrected chi connectivity index (χ3v) is 12.4. The highest BCUT2D eigenvalue weighted by Crippen LogP contribution is 2.44. The summed E-state index contributed by atoms with van der Waals surface area (Å²) in [5.74, 6) is -0.694. The molecule has 1 atom stereocenters. The first-order valence-electron chi connectivity index (χ1n) is 21.4. The molecular weight excluding hydrogens is 817 g/mol. The summed E-state index contributed by atoms with van der Waals surface area (Å²) in [6.07, 6.45) is 5.34. The fourth-order valence-electron chi connectivity index (χ4n) is 8.98. The number of anilines is 2. The minimum atomic E-state index is -2.61. The molecule has 1 unspecified atom stereocenters. The normalized spacial score (nSPS) is 15.8. The van der Waals surface area contributed by atoms with Crippen LogP contribution in [-0.2, 0) is 40.9 Å². The Hall–Kier alpha value is -7.09. The van der Waals surface area contributed by atoms with Crippen molar-refractivity contribution in [2.45, 2.75) is 84.9 Å². The van der Waals surface area contributed by atoms with Gasteiger partial charge in [-0.1, -0.05) is 32.0 Å². The zero-order valence-corrected chi connectivity index (χ0v) is 36.4. The van der Waals surface area contributed by atoms with Crippen LogP contribution in [0.3, 0.4) is 0 Å². The van der Waals surface area contributed by atoms with Gasteiger partial charge in [0.1, 0.15) is 6.04 Å². The van der Waals surface area contributed by atoms with Crippen LogP contribution in [0.25, 0.3) is 33.2 Å². The Balaban J connectivity index is 0.000000181. The van der Waals surface area contributed by atoms with Crippen LogP contribution < -0.4 is 21.1 Å². The van der Waals surface area contributed by atoms with E-state index in [-0.39, 0.29) is 35.3 Å². The van der Waals surface area contributed by atoms with Gasteiger partial charge in [-0.2, -0.15) is 0 Å². The third kappa shape index (κ3) is 8.39. The van der Waals surface area contributed by atoms with Crippen molar-refractivity contribution in [3.8, 4) is 22.3 Å². The van der Waals surface area contributed by atoms with Crippen LogP contribution >= 0.6 is 0 Å². The predicted molar refractivity (Wildman–Crippen MR) is 241 cm³/mol. The van der Waals surface area contributed by atoms with Gasteiger partial charge in [0.15, 0.2) is 0 Å². The molecule has 0 spiro atoms. The molecule has 2 N–H and O–H groups in total. The van der Waals surface area contributed by atoms with Gasteiger partial charge in [-0.15, -0.1) is 0 Å². The molecule has 12 nitrogen and oxygen atoms in total. The lowest BCUT2D eigenvalue weighted by Gasteiger charge is -2.34. The predicted octanol–water partition coefficient (Wildman–Crippen LogP) is 8.12. The van der Waals surface area contributed by atoms with Crippen molar-refractivity contribution in [2.75, 3.05) is 11.4 Å². The number of benzene rings is 3. The number of piperidine rings is 1. The number of fused-ring (bicyclic) bond motifs is 3. The molecule has 1 saturated heterocycles. The maximum absolute atomic E-state index is 14.4. The average Bonchev–Trinajstić information content (AvgIpc) is 3.62. The number of alkyl halides is 2. The van der Waals surface area contributed by atoms with Crippen LogP contribution in [0.4, 0.5) is 20.2 Å². The summed E-state index contributed by atoms with van der Waals surface area (Å²) in [7, 11) is 1.80. The maximum atomic E-state index is 14.4. The number of pyridine rings is 3. The molecule has 3 aliphatic heterocycles. The van der Waals surface area contributed by atoms with Gasteiger partial charge in [-0.3, -0.25) is 39.3 Å². The van der Waals surface area contributed by atoms with Crippen LogP contribution in [0.5, 0.6) is 0 Å². The number of nitrogens with one attached hydrogen (secondary N) is 2. The summed E-state index contributed by atoms with van der Waals surface area (Å²) in [6, 6.07) is 20.2. The summed E-state index contributed by atoms with van der Waals surface area (Å²) in [5.41, 5.74) is 11.5. The molecule has 0 aliphatic carbocycles. The van der Waals surface area contributed by atoms with E-state index in [2.05, 4.69) is 51.5 Å². The summed E-state index contributed by atoms with van der Waals surface area (Å²) >= 11 is 0. The lowest BCUT2D eigenvalue weighted by atomic mass is 9.91. The first kappa shape index (κ1) is 43.6. The minimum absolute atomic E-state index is 0.0132. The quantitative estimate of drug-likeness (QED) is 0.110. The van der Waals surface area contributed by atoms with Crippen LogP contribution in [0.1, 0.15) is 94.9 Å². The van der Waals surface area contributed by atoms with Gasteiger partial charge in [0.25, 0.3) is 17.9 Å². The molecule has 4 amide bonds. The van der Waals surface area contributed by atoms with Gasteiger partial charge < -0.3 is 19.7 Å². The van der Waals surface area contributed by atoms with E-state index in [4.69, 9.17) is 0 Å². The lowest BCUT2D eigenvalue weighted by Crippen LogP contribution is -2.52. The van der Waals surface area contributed by atoms with Gasteiger partial charge in [0.2, 0.25) is 18.2 Å². The number of hydrogen-bond acceptors (Lipinski definition) is 8. The standard InChI is InChI=1S/C30H31F2N3O.C20H18N4O4/c1-17(2)22-13-27-25(11-18(3)30(36)34(27)5)28(14-22)35-10-6-7-20-12-23(21-9-8-19(4)33-16-21)24(29(31)32)15-26(20)35;25-11-22-8-12-6-13(9-21-7-12)14-2-1-3-15-16(14)10-24(20(15)28)17-4-5-18(26)23-19(17)27/h8-9,11-17,29H,6-7,10H2,1-5H3;1-3,6-7,9,11,17H,4-5,8,10H2,(H,22,25)(H,23,26,27). The molecule has 64 heavy (non-hydrogen) atoms. The monoisotopic (exact) mass is 865 g/mol. The number of carbonyl (C=O) groups is 4. The molecule has 0 bridgehead atoms. The Kier molecular flexibility index (Phi) is 12.2. The molecule has 3 aromatic heterocycles. The number of hydrogen-bond donors (Lipinski definition) is 2. The van der Waals surface area contributed by atoms with E-state index < -0.39 is 18.4 Å². The highest BCUT2D eigenvalue weighted by atomic mass is 19.3. The van der Waals surface area contributed by atoms with Crippen molar-refractivity contribution in [1.82, 2.24) is 30.1 Å². The number of amides is 4. The molecule has 1 fully saturated rings. The van der Waals surface area contributed by atoms with E-state index in [1.54, 1.807) is 48.4 Å². The van der Waals surface area contributed by atoms with Gasteiger partial charge >= 0.3 is 0 Å². The van der Waals surface area contributed by atoms with Crippen LogP contribution in [0.15, 0.2) is 90.1 Å². The second-order valence-corrected chi connectivity index (χ2v) is 16.9. The second-order valence-electron chi connectivity index (χ2n) is 16.9. The summed E-state index contributed by atoms with van der Waals surface area (Å²) < 4.78 is 30.5. The Morgan fingerprint density at radius 3 is 2.41 bits per heavy atom. The van der Waals surface area contributed by atoms with Crippen molar-refractivity contribution in [1.29, 1.82) is 0 Å². The van der Waals surface area contributed by atoms with Crippen molar-refractivity contribution in [2.24, 2.45) is 7.05 Å². The van der Waals surface area contributed by atoms with Gasteiger partial charge in [-0.05, 0) is 121 Å². The highest BCUT2D eigenvalue weighted by molar-refractivity contribution is 6.06. The second kappa shape index (κ2) is 17.9. The molecule has 0 saturated carbocycles. The summed E-state index contributed by atoms with van der Waals surface area (Å²) in [5, 5.41) is 5.87. The van der Waals surface area contributed by atoms with E-state index in [0.29, 0.717) is 48.2 Å². The van der Waals surface area contributed by atoms with Gasteiger partial charge in [0, 0.05) is 96.3 Å². The largest absolute Gasteiger partial charge is 0.355 e. The van der Waals surface area contributed by atoms with E-state index in [1.165, 1.54) is 4.90 Å². The molecule has 3 aromatic carbocycles. The number of aromatic nitrogens is 3. The number of rotatable bonds is 9. The van der Waals surface area contributed by atoms with E-state index in [9.17, 15) is 32.8 Å². The zero-order chi connectivity index (χ0) is 45.4. The molecule has 14 heteroatoms. The molecular formula is C50H49F2N7O5. The molecule has 6 heterocycles. The van der Waals surface area contributed by atoms with Crippen LogP contribution in [0, 0.1) is 13.8 Å². The van der Waals surface area contributed by atoms with Gasteiger partial charge in [-0.25, -0.2) is 8.78 Å². The Bertz CT molecular complexity index is 2890. The minimum Gasteiger partial charge on any atom is -0.355 e. The Labute approximate surface area is 369 Å². The number of carbonyl (C=O) groups excluding carboxylic acids is 4. The Morgan fingerprint density at radius 1 is 0.891 bits per heavy atom. The molecule has 9 rings (SSSR count).